The quantitative estimate of drug-likeness (QED) is 0.814. The van der Waals surface area contributed by atoms with Gasteiger partial charge in [0.2, 0.25) is 0 Å². The zero-order valence-corrected chi connectivity index (χ0v) is 12.9. The molecule has 1 aliphatic carbocycles. The van der Waals surface area contributed by atoms with Crippen molar-refractivity contribution >= 4 is 33.0 Å². The molecule has 1 saturated carbocycles. The summed E-state index contributed by atoms with van der Waals surface area (Å²) < 4.78 is 1.29. The second-order valence-corrected chi connectivity index (χ2v) is 7.06. The monoisotopic (exact) mass is 293 g/mol. The molecule has 1 N–H and O–H groups in total. The van der Waals surface area contributed by atoms with Crippen LogP contribution in [0.1, 0.15) is 37.5 Å². The molecule has 1 unspecified atom stereocenters. The Bertz CT molecular complexity index is 557. The average Bonchev–Trinajstić information content (AvgIpc) is 3.05. The van der Waals surface area contributed by atoms with Crippen LogP contribution < -0.4 is 5.32 Å². The Morgan fingerprint density at radius 3 is 2.79 bits per heavy atom. The van der Waals surface area contributed by atoms with Gasteiger partial charge in [0.15, 0.2) is 0 Å². The largest absolute Gasteiger partial charge is 0.309 e. The molecule has 3 heteroatoms. The summed E-state index contributed by atoms with van der Waals surface area (Å²) in [6.07, 6.45) is 5.57. The van der Waals surface area contributed by atoms with E-state index in [-0.39, 0.29) is 0 Å². The average molecular weight is 294 g/mol. The summed E-state index contributed by atoms with van der Waals surface area (Å²) in [4.78, 5) is 1.27. The predicted octanol–water partition coefficient (Wildman–Crippen LogP) is 5.22. The Kier molecular flexibility index (Phi) is 4.11. The fraction of sp³-hybridized carbons (Fsp3) is 0.500. The highest BCUT2D eigenvalue weighted by atomic mass is 35.5. The van der Waals surface area contributed by atoms with Crippen molar-refractivity contribution in [2.75, 3.05) is 0 Å². The molecular weight excluding hydrogens is 274 g/mol. The second kappa shape index (κ2) is 5.82. The van der Waals surface area contributed by atoms with Crippen LogP contribution >= 0.6 is 22.9 Å². The minimum atomic E-state index is 0.601. The van der Waals surface area contributed by atoms with Gasteiger partial charge in [-0.25, -0.2) is 0 Å². The Morgan fingerprint density at radius 1 is 1.32 bits per heavy atom. The fourth-order valence-electron chi connectivity index (χ4n) is 3.06. The maximum atomic E-state index is 6.47. The van der Waals surface area contributed by atoms with Crippen molar-refractivity contribution in [3.05, 3.63) is 34.2 Å². The van der Waals surface area contributed by atoms with Gasteiger partial charge in [-0.2, -0.15) is 0 Å². The molecular formula is C16H20ClNS. The van der Waals surface area contributed by atoms with Crippen LogP contribution in [0.15, 0.2) is 24.3 Å². The Labute approximate surface area is 124 Å². The van der Waals surface area contributed by atoms with Gasteiger partial charge >= 0.3 is 0 Å². The van der Waals surface area contributed by atoms with Crippen LogP contribution in [0.25, 0.3) is 10.1 Å². The summed E-state index contributed by atoms with van der Waals surface area (Å²) in [5, 5.41) is 5.80. The fourth-order valence-corrected chi connectivity index (χ4v) is 4.51. The maximum absolute atomic E-state index is 6.47. The molecule has 0 radical (unpaired) electrons. The normalized spacial score (nSPS) is 18.2. The predicted molar refractivity (Wildman–Crippen MR) is 85.1 cm³/mol. The van der Waals surface area contributed by atoms with E-state index in [2.05, 4.69) is 36.5 Å². The third kappa shape index (κ3) is 2.81. The lowest BCUT2D eigenvalue weighted by Crippen LogP contribution is -2.31. The molecule has 2 aromatic rings. The van der Waals surface area contributed by atoms with Gasteiger partial charge in [0.25, 0.3) is 0 Å². The Morgan fingerprint density at radius 2 is 2.05 bits per heavy atom. The molecule has 0 amide bonds. The molecule has 1 atom stereocenters. The summed E-state index contributed by atoms with van der Waals surface area (Å²) in [6, 6.07) is 8.99. The molecule has 1 fully saturated rings. The molecule has 1 aromatic carbocycles. The van der Waals surface area contributed by atoms with Gasteiger partial charge in [-0.3, -0.25) is 0 Å². The van der Waals surface area contributed by atoms with Crippen molar-refractivity contribution in [2.24, 2.45) is 5.92 Å². The number of hydrogen-bond donors (Lipinski definition) is 1. The number of nitrogens with one attached hydrogen (secondary N) is 1. The van der Waals surface area contributed by atoms with Gasteiger partial charge in [0, 0.05) is 27.5 Å². The third-order valence-electron chi connectivity index (χ3n) is 4.29. The maximum Gasteiger partial charge on any atom is 0.0636 e. The lowest BCUT2D eigenvalue weighted by Gasteiger charge is -2.20. The van der Waals surface area contributed by atoms with Crippen LogP contribution in [0, 0.1) is 5.92 Å². The molecule has 0 saturated heterocycles. The minimum Gasteiger partial charge on any atom is -0.309 e. The van der Waals surface area contributed by atoms with Crippen molar-refractivity contribution < 1.29 is 0 Å². The van der Waals surface area contributed by atoms with E-state index in [4.69, 9.17) is 11.6 Å². The van der Waals surface area contributed by atoms with Crippen molar-refractivity contribution in [1.29, 1.82) is 0 Å². The molecule has 1 nitrogen and oxygen atoms in total. The van der Waals surface area contributed by atoms with Crippen LogP contribution in [0.4, 0.5) is 0 Å². The number of fused-ring (bicyclic) bond motifs is 1. The molecule has 19 heavy (non-hydrogen) atoms. The van der Waals surface area contributed by atoms with Gasteiger partial charge in [0.05, 0.1) is 5.02 Å². The van der Waals surface area contributed by atoms with Crippen LogP contribution in [0.3, 0.4) is 0 Å². The van der Waals surface area contributed by atoms with E-state index in [9.17, 15) is 0 Å². The van der Waals surface area contributed by atoms with E-state index < -0.39 is 0 Å². The van der Waals surface area contributed by atoms with Crippen LogP contribution in [0.2, 0.25) is 5.02 Å². The Hall–Kier alpha value is -0.570. The van der Waals surface area contributed by atoms with E-state index in [1.165, 1.54) is 40.6 Å². The van der Waals surface area contributed by atoms with Crippen LogP contribution in [-0.4, -0.2) is 6.04 Å². The summed E-state index contributed by atoms with van der Waals surface area (Å²) >= 11 is 8.28. The lowest BCUT2D eigenvalue weighted by molar-refractivity contribution is 0.381. The number of benzene rings is 1. The van der Waals surface area contributed by atoms with Gasteiger partial charge in [-0.05, 0) is 31.7 Å². The van der Waals surface area contributed by atoms with Crippen molar-refractivity contribution in [1.82, 2.24) is 5.32 Å². The highest BCUT2D eigenvalue weighted by Gasteiger charge is 2.21. The number of halogens is 1. The molecule has 102 valence electrons. The summed E-state index contributed by atoms with van der Waals surface area (Å²) in [6.45, 7) is 3.22. The first kappa shape index (κ1) is 13.4. The topological polar surface area (TPSA) is 12.0 Å². The zero-order chi connectivity index (χ0) is 13.2. The van der Waals surface area contributed by atoms with Crippen molar-refractivity contribution in [3.63, 3.8) is 0 Å². The Balaban J connectivity index is 1.69. The van der Waals surface area contributed by atoms with Gasteiger partial charge in [0.1, 0.15) is 0 Å². The van der Waals surface area contributed by atoms with E-state index in [1.807, 2.05) is 11.3 Å². The number of hydrogen-bond acceptors (Lipinski definition) is 2. The third-order valence-corrected chi connectivity index (χ3v) is 6.01. The van der Waals surface area contributed by atoms with Gasteiger partial charge in [-0.15, -0.1) is 11.3 Å². The smallest absolute Gasteiger partial charge is 0.0636 e. The van der Waals surface area contributed by atoms with E-state index >= 15 is 0 Å². The first-order valence-corrected chi connectivity index (χ1v) is 8.34. The molecule has 1 aliphatic rings. The lowest BCUT2D eigenvalue weighted by atomic mass is 10.00. The molecule has 0 bridgehead atoms. The van der Waals surface area contributed by atoms with Gasteiger partial charge in [-0.1, -0.05) is 42.6 Å². The molecule has 1 heterocycles. The minimum absolute atomic E-state index is 0.601. The number of thiophene rings is 1. The highest BCUT2D eigenvalue weighted by molar-refractivity contribution is 7.19. The van der Waals surface area contributed by atoms with E-state index in [0.29, 0.717) is 6.04 Å². The first-order chi connectivity index (χ1) is 9.25. The number of rotatable bonds is 4. The molecule has 0 spiro atoms. The highest BCUT2D eigenvalue weighted by Crippen LogP contribution is 2.35. The van der Waals surface area contributed by atoms with Crippen LogP contribution in [0.5, 0.6) is 0 Å². The molecule has 3 rings (SSSR count). The van der Waals surface area contributed by atoms with Gasteiger partial charge < -0.3 is 5.32 Å². The summed E-state index contributed by atoms with van der Waals surface area (Å²) in [5.74, 6) is 0.855. The van der Waals surface area contributed by atoms with Crippen molar-refractivity contribution in [3.8, 4) is 0 Å². The van der Waals surface area contributed by atoms with E-state index in [0.717, 1.165) is 17.5 Å². The van der Waals surface area contributed by atoms with Crippen LogP contribution in [-0.2, 0) is 6.54 Å². The second-order valence-electron chi connectivity index (χ2n) is 5.55. The molecule has 0 aliphatic heterocycles. The standard InChI is InChI=1S/C16H20ClNS/c1-11(12-6-2-3-7-12)18-10-15-16(17)13-8-4-5-9-14(13)19-15/h4-5,8-9,11-12,18H,2-3,6-7,10H2,1H3. The first-order valence-electron chi connectivity index (χ1n) is 7.15. The zero-order valence-electron chi connectivity index (χ0n) is 11.3. The van der Waals surface area contributed by atoms with E-state index in [1.54, 1.807) is 0 Å². The summed E-state index contributed by atoms with van der Waals surface area (Å²) in [7, 11) is 0. The van der Waals surface area contributed by atoms with Crippen molar-refractivity contribution in [2.45, 2.75) is 45.2 Å². The molecule has 1 aromatic heterocycles. The summed E-state index contributed by atoms with van der Waals surface area (Å²) in [5.41, 5.74) is 0. The SMILES string of the molecule is CC(NCc1sc2ccccc2c1Cl)C1CCCC1.